The van der Waals surface area contributed by atoms with Gasteiger partial charge in [0.05, 0.1) is 5.41 Å². The molecule has 0 saturated carbocycles. The maximum absolute atomic E-state index is 12.5. The highest BCUT2D eigenvalue weighted by molar-refractivity contribution is 6.01. The number of carboxylic acids is 2. The fraction of sp³-hybridized carbons (Fsp3) is 0.438. The molecule has 6 nitrogen and oxygen atoms in total. The number of hydrogen-bond donors (Lipinski definition) is 3. The molecule has 22 heavy (non-hydrogen) atoms. The van der Waals surface area contributed by atoms with Crippen LogP contribution in [0.1, 0.15) is 32.3 Å². The van der Waals surface area contributed by atoms with Crippen LogP contribution in [0.15, 0.2) is 30.3 Å². The first kappa shape index (κ1) is 17.7. The van der Waals surface area contributed by atoms with Gasteiger partial charge >= 0.3 is 11.9 Å². The molecule has 0 aliphatic carbocycles. The van der Waals surface area contributed by atoms with Crippen molar-refractivity contribution in [3.63, 3.8) is 0 Å². The van der Waals surface area contributed by atoms with E-state index in [4.69, 9.17) is 10.2 Å². The SMILES string of the molecule is CCC(CC)(Cc1ccccc1)C(=O)NC(C(=O)O)C(=O)O. The second-order valence-electron chi connectivity index (χ2n) is 5.23. The smallest absolute Gasteiger partial charge is 0.338 e. The van der Waals surface area contributed by atoms with Crippen LogP contribution in [0.2, 0.25) is 0 Å². The van der Waals surface area contributed by atoms with E-state index in [1.54, 1.807) is 0 Å². The number of aliphatic carboxylic acids is 2. The minimum atomic E-state index is -1.93. The molecule has 0 atom stereocenters. The lowest BCUT2D eigenvalue weighted by atomic mass is 9.76. The van der Waals surface area contributed by atoms with Gasteiger partial charge in [0.2, 0.25) is 11.9 Å². The average Bonchev–Trinajstić information content (AvgIpc) is 2.50. The van der Waals surface area contributed by atoms with Gasteiger partial charge < -0.3 is 15.5 Å². The lowest BCUT2D eigenvalue weighted by Crippen LogP contribution is -2.52. The third-order valence-electron chi connectivity index (χ3n) is 3.99. The van der Waals surface area contributed by atoms with Crippen molar-refractivity contribution in [2.75, 3.05) is 0 Å². The van der Waals surface area contributed by atoms with E-state index in [2.05, 4.69) is 5.32 Å². The van der Waals surface area contributed by atoms with Gasteiger partial charge in [0.25, 0.3) is 0 Å². The molecule has 6 heteroatoms. The first-order valence-electron chi connectivity index (χ1n) is 7.16. The molecule has 0 bridgehead atoms. The van der Waals surface area contributed by atoms with Crippen molar-refractivity contribution in [1.29, 1.82) is 0 Å². The molecule has 0 aromatic heterocycles. The van der Waals surface area contributed by atoms with Crippen LogP contribution in [-0.4, -0.2) is 34.1 Å². The van der Waals surface area contributed by atoms with Crippen molar-refractivity contribution in [3.8, 4) is 0 Å². The van der Waals surface area contributed by atoms with Gasteiger partial charge in [0.1, 0.15) is 0 Å². The van der Waals surface area contributed by atoms with Crippen LogP contribution in [-0.2, 0) is 20.8 Å². The lowest BCUT2D eigenvalue weighted by Gasteiger charge is -2.31. The number of carboxylic acid groups (broad SMARTS) is 2. The number of nitrogens with one attached hydrogen (secondary N) is 1. The van der Waals surface area contributed by atoms with Crippen LogP contribution in [0.25, 0.3) is 0 Å². The summed E-state index contributed by atoms with van der Waals surface area (Å²) in [4.78, 5) is 34.4. The van der Waals surface area contributed by atoms with Crippen LogP contribution in [0.5, 0.6) is 0 Å². The molecule has 1 amide bonds. The maximum Gasteiger partial charge on any atom is 0.338 e. The topological polar surface area (TPSA) is 104 Å². The summed E-state index contributed by atoms with van der Waals surface area (Å²) in [6.45, 7) is 3.67. The van der Waals surface area contributed by atoms with E-state index in [1.807, 2.05) is 44.2 Å². The van der Waals surface area contributed by atoms with Gasteiger partial charge in [0, 0.05) is 0 Å². The van der Waals surface area contributed by atoms with E-state index < -0.39 is 29.3 Å². The Balaban J connectivity index is 3.00. The molecule has 1 rings (SSSR count). The molecule has 3 N–H and O–H groups in total. The molecule has 0 spiro atoms. The summed E-state index contributed by atoms with van der Waals surface area (Å²) in [5.74, 6) is -3.71. The molecular weight excluding hydrogens is 286 g/mol. The second kappa shape index (κ2) is 7.59. The highest BCUT2D eigenvalue weighted by Gasteiger charge is 2.39. The largest absolute Gasteiger partial charge is 0.479 e. The van der Waals surface area contributed by atoms with Crippen molar-refractivity contribution < 1.29 is 24.6 Å². The minimum Gasteiger partial charge on any atom is -0.479 e. The molecule has 0 saturated heterocycles. The van der Waals surface area contributed by atoms with E-state index in [9.17, 15) is 14.4 Å². The number of rotatable bonds is 8. The zero-order valence-corrected chi connectivity index (χ0v) is 12.7. The fourth-order valence-electron chi connectivity index (χ4n) is 2.40. The third kappa shape index (κ3) is 4.07. The van der Waals surface area contributed by atoms with Gasteiger partial charge in [0.15, 0.2) is 0 Å². The van der Waals surface area contributed by atoms with Crippen molar-refractivity contribution in [3.05, 3.63) is 35.9 Å². The third-order valence-corrected chi connectivity index (χ3v) is 3.99. The first-order valence-corrected chi connectivity index (χ1v) is 7.16. The van der Waals surface area contributed by atoms with E-state index in [1.165, 1.54) is 0 Å². The summed E-state index contributed by atoms with van der Waals surface area (Å²) in [6, 6.07) is 7.44. The highest BCUT2D eigenvalue weighted by atomic mass is 16.4. The van der Waals surface area contributed by atoms with E-state index in [0.717, 1.165) is 5.56 Å². The minimum absolute atomic E-state index is 0.429. The normalized spacial score (nSPS) is 11.2. The van der Waals surface area contributed by atoms with Gasteiger partial charge in [-0.15, -0.1) is 0 Å². The maximum atomic E-state index is 12.5. The zero-order chi connectivity index (χ0) is 16.8. The molecule has 1 aromatic rings. The molecule has 0 aliphatic rings. The Morgan fingerprint density at radius 2 is 1.55 bits per heavy atom. The van der Waals surface area contributed by atoms with E-state index >= 15 is 0 Å². The molecular formula is C16H21NO5. The highest BCUT2D eigenvalue weighted by Crippen LogP contribution is 2.31. The fourth-order valence-corrected chi connectivity index (χ4v) is 2.40. The molecule has 0 heterocycles. The van der Waals surface area contributed by atoms with Crippen LogP contribution in [0.4, 0.5) is 0 Å². The Bertz CT molecular complexity index is 523. The second-order valence-corrected chi connectivity index (χ2v) is 5.23. The molecule has 120 valence electrons. The summed E-state index contributed by atoms with van der Waals surface area (Å²) in [6.07, 6.45) is 1.39. The number of hydrogen-bond acceptors (Lipinski definition) is 3. The first-order chi connectivity index (χ1) is 10.4. The molecule has 1 aromatic carbocycles. The number of carbonyl (C=O) groups excluding carboxylic acids is 1. The Hall–Kier alpha value is -2.37. The summed E-state index contributed by atoms with van der Waals surface area (Å²) in [7, 11) is 0. The Kier molecular flexibility index (Phi) is 6.10. The molecule has 0 fully saturated rings. The predicted molar refractivity (Wildman–Crippen MR) is 80.4 cm³/mol. The number of amides is 1. The van der Waals surface area contributed by atoms with Crippen LogP contribution in [0.3, 0.4) is 0 Å². The summed E-state index contributed by atoms with van der Waals surface area (Å²) in [5.41, 5.74) is 0.119. The van der Waals surface area contributed by atoms with Crippen LogP contribution in [0, 0.1) is 5.41 Å². The lowest BCUT2D eigenvalue weighted by molar-refractivity contribution is -0.154. The van der Waals surface area contributed by atoms with Gasteiger partial charge in [-0.25, -0.2) is 9.59 Å². The van der Waals surface area contributed by atoms with Gasteiger partial charge in [-0.2, -0.15) is 0 Å². The molecule has 0 aliphatic heterocycles. The monoisotopic (exact) mass is 307 g/mol. The van der Waals surface area contributed by atoms with E-state index in [-0.39, 0.29) is 0 Å². The van der Waals surface area contributed by atoms with Crippen LogP contribution < -0.4 is 5.32 Å². The molecule has 0 unspecified atom stereocenters. The Morgan fingerprint density at radius 3 is 1.95 bits per heavy atom. The Labute approximate surface area is 129 Å². The predicted octanol–water partition coefficient (Wildman–Crippen LogP) is 1.69. The van der Waals surface area contributed by atoms with Crippen molar-refractivity contribution in [2.24, 2.45) is 5.41 Å². The van der Waals surface area contributed by atoms with Gasteiger partial charge in [-0.3, -0.25) is 4.79 Å². The van der Waals surface area contributed by atoms with Gasteiger partial charge in [-0.1, -0.05) is 44.2 Å². The van der Waals surface area contributed by atoms with Crippen LogP contribution >= 0.6 is 0 Å². The summed E-state index contributed by atoms with van der Waals surface area (Å²) < 4.78 is 0. The van der Waals surface area contributed by atoms with E-state index in [0.29, 0.717) is 19.3 Å². The standard InChI is InChI=1S/C16H21NO5/c1-3-16(4-2,10-11-8-6-5-7-9-11)15(22)17-12(13(18)19)14(20)21/h5-9,12H,3-4,10H2,1-2H3,(H,17,22)(H,18,19)(H,20,21). The van der Waals surface area contributed by atoms with Gasteiger partial charge in [-0.05, 0) is 24.8 Å². The Morgan fingerprint density at radius 1 is 1.05 bits per heavy atom. The van der Waals surface area contributed by atoms with Crippen molar-refractivity contribution >= 4 is 17.8 Å². The summed E-state index contributed by atoms with van der Waals surface area (Å²) >= 11 is 0. The summed E-state index contributed by atoms with van der Waals surface area (Å²) in [5, 5.41) is 19.9. The average molecular weight is 307 g/mol. The number of carbonyl (C=O) groups is 3. The molecule has 0 radical (unpaired) electrons. The van der Waals surface area contributed by atoms with Crippen molar-refractivity contribution in [1.82, 2.24) is 5.32 Å². The quantitative estimate of drug-likeness (QED) is 0.634. The van der Waals surface area contributed by atoms with Crippen molar-refractivity contribution in [2.45, 2.75) is 39.2 Å². The zero-order valence-electron chi connectivity index (χ0n) is 12.7. The number of benzene rings is 1.